The first-order chi connectivity index (χ1) is 3.63. The van der Waals surface area contributed by atoms with Crippen molar-refractivity contribution < 1.29 is 46.0 Å². The maximum atomic E-state index is 9.55. The molecule has 6 heteroatoms. The van der Waals surface area contributed by atoms with Crippen LogP contribution >= 0.6 is 0 Å². The van der Waals surface area contributed by atoms with E-state index in [1.165, 1.54) is 0 Å². The van der Waals surface area contributed by atoms with Gasteiger partial charge in [-0.15, -0.1) is 0 Å². The minimum atomic E-state index is -1.26. The second-order valence-corrected chi connectivity index (χ2v) is 1.01. The van der Waals surface area contributed by atoms with E-state index < -0.39 is 11.9 Å². The minimum absolute atomic E-state index is 0. The zero-order valence-electron chi connectivity index (χ0n) is 4.37. The van der Waals surface area contributed by atoms with Gasteiger partial charge < -0.3 is 10.2 Å². The molecule has 0 heterocycles. The summed E-state index contributed by atoms with van der Waals surface area (Å²) in [6, 6.07) is 0. The molecule has 0 saturated heterocycles. The molecule has 50 valence electrons. The van der Waals surface area contributed by atoms with Gasteiger partial charge in [-0.05, 0) is 0 Å². The molecule has 0 radical (unpaired) electrons. The molecule has 0 aliphatic heterocycles. The van der Waals surface area contributed by atoms with Gasteiger partial charge in [-0.2, -0.15) is 0 Å². The van der Waals surface area contributed by atoms with Gasteiger partial charge in [0.2, 0.25) is 0 Å². The summed E-state index contributed by atoms with van der Waals surface area (Å²) in [6.45, 7) is 0. The first-order valence-corrected chi connectivity index (χ1v) is 1.77. The number of aliphatic carboxylic acids is 2. The summed E-state index contributed by atoms with van der Waals surface area (Å²) in [7, 11) is 0. The van der Waals surface area contributed by atoms with Crippen LogP contribution in [0.1, 0.15) is 0 Å². The molecule has 0 aromatic heterocycles. The third-order valence-electron chi connectivity index (χ3n) is 0.368. The van der Waals surface area contributed by atoms with Gasteiger partial charge >= 0.3 is 63.3 Å². The van der Waals surface area contributed by atoms with Crippen LogP contribution in [0.5, 0.6) is 0 Å². The smallest absolute Gasteiger partial charge is 0 e. The monoisotopic (exact) mass is 246 g/mol. The molecule has 2 N–H and O–H groups in total. The summed E-state index contributed by atoms with van der Waals surface area (Å²) in [5.41, 5.74) is 0. The Morgan fingerprint density at radius 3 is 1.30 bits per heavy atom. The number of hydrogen-bond donors (Lipinski definition) is 2. The van der Waals surface area contributed by atoms with Crippen LogP contribution in [0.2, 0.25) is 0 Å². The molecule has 0 spiro atoms. The van der Waals surface area contributed by atoms with Gasteiger partial charge in [0.15, 0.2) is 0 Å². The number of carbonyl (C=O) groups is 2. The van der Waals surface area contributed by atoms with Gasteiger partial charge in [-0.25, -0.2) is 9.59 Å². The van der Waals surface area contributed by atoms with Crippen molar-refractivity contribution in [3.63, 3.8) is 0 Å². The molecule has 10 heavy (non-hydrogen) atoms. The standard InChI is InChI=1S/C4H4O4.K.Zr.H/c5-3(6)1-2-4(7)8;;;/h1-2H,(H,5,6)(H,7,8);;;/b2-1-;;;. The molecule has 4 nitrogen and oxygen atoms in total. The van der Waals surface area contributed by atoms with Crippen LogP contribution in [-0.4, -0.2) is 73.5 Å². The number of rotatable bonds is 2. The van der Waals surface area contributed by atoms with Crippen molar-refractivity contribution in [2.24, 2.45) is 0 Å². The SMILES string of the molecule is O=C(O)/C=C\C(=O)O.[KH].[Zr]. The van der Waals surface area contributed by atoms with Crippen LogP contribution in [0.4, 0.5) is 0 Å². The van der Waals surface area contributed by atoms with Gasteiger partial charge in [-0.1, -0.05) is 0 Å². The maximum absolute atomic E-state index is 9.55. The third-order valence-corrected chi connectivity index (χ3v) is 0.368. The molecule has 0 fully saturated rings. The summed E-state index contributed by atoms with van der Waals surface area (Å²) in [5.74, 6) is -2.51. The van der Waals surface area contributed by atoms with E-state index in [-0.39, 0.29) is 77.6 Å². The summed E-state index contributed by atoms with van der Waals surface area (Å²) >= 11 is 0. The molecule has 0 aliphatic rings. The quantitative estimate of drug-likeness (QED) is 0.488. The predicted octanol–water partition coefficient (Wildman–Crippen LogP) is -0.939. The molecule has 0 aromatic carbocycles. The Hall–Kier alpha value is 1.20. The molecule has 0 aliphatic carbocycles. The minimum Gasteiger partial charge on any atom is 0 e. The van der Waals surface area contributed by atoms with Crippen LogP contribution in [-0.2, 0) is 35.8 Å². The Labute approximate surface area is 119 Å². The Bertz CT molecular complexity index is 128. The first kappa shape index (κ1) is 17.3. The van der Waals surface area contributed by atoms with Crippen LogP contribution in [0.3, 0.4) is 0 Å². The Morgan fingerprint density at radius 2 is 1.20 bits per heavy atom. The summed E-state index contributed by atoms with van der Waals surface area (Å²) in [5, 5.41) is 15.6. The molecule has 0 amide bonds. The molecule has 0 aromatic rings. The van der Waals surface area contributed by atoms with Crippen molar-refractivity contribution in [1.29, 1.82) is 0 Å². The van der Waals surface area contributed by atoms with Gasteiger partial charge in [0.1, 0.15) is 0 Å². The van der Waals surface area contributed by atoms with E-state index in [4.69, 9.17) is 10.2 Å². The van der Waals surface area contributed by atoms with Crippen molar-refractivity contribution in [3.8, 4) is 0 Å². The Morgan fingerprint density at radius 1 is 1.00 bits per heavy atom. The number of carboxylic acid groups (broad SMARTS) is 2. The van der Waals surface area contributed by atoms with E-state index >= 15 is 0 Å². The van der Waals surface area contributed by atoms with E-state index in [2.05, 4.69) is 0 Å². The Kier molecular flexibility index (Phi) is 17.7. The number of carboxylic acids is 2. The zero-order valence-corrected chi connectivity index (χ0v) is 6.82. The van der Waals surface area contributed by atoms with Crippen molar-refractivity contribution in [3.05, 3.63) is 12.2 Å². The molecule has 0 atom stereocenters. The van der Waals surface area contributed by atoms with Gasteiger partial charge in [-0.3, -0.25) is 0 Å². The maximum Gasteiger partial charge on any atom is 0 e. The van der Waals surface area contributed by atoms with E-state index in [1.54, 1.807) is 0 Å². The molecule has 0 rings (SSSR count). The third kappa shape index (κ3) is 16.1. The Balaban J connectivity index is -0.000000245. The molecule has 0 saturated carbocycles. The van der Waals surface area contributed by atoms with E-state index in [1.807, 2.05) is 0 Å². The van der Waals surface area contributed by atoms with Gasteiger partial charge in [0, 0.05) is 38.4 Å². The fraction of sp³-hybridized carbons (Fsp3) is 0. The van der Waals surface area contributed by atoms with Crippen molar-refractivity contribution in [1.82, 2.24) is 0 Å². The summed E-state index contributed by atoms with van der Waals surface area (Å²) in [6.07, 6.45) is 1.12. The van der Waals surface area contributed by atoms with E-state index in [0.29, 0.717) is 12.2 Å². The first-order valence-electron chi connectivity index (χ1n) is 1.77. The molecule has 0 bridgehead atoms. The van der Waals surface area contributed by atoms with Crippen LogP contribution in [0.25, 0.3) is 0 Å². The van der Waals surface area contributed by atoms with E-state index in [0.717, 1.165) is 0 Å². The van der Waals surface area contributed by atoms with Crippen molar-refractivity contribution in [2.45, 2.75) is 0 Å². The summed E-state index contributed by atoms with van der Waals surface area (Å²) in [4.78, 5) is 19.1. The fourth-order valence-electron chi connectivity index (χ4n) is 0.143. The average Bonchev–Trinajstić information content (AvgIpc) is 1.61. The molecular formula is C4H5KO4Zr. The second kappa shape index (κ2) is 10.2. The van der Waals surface area contributed by atoms with E-state index in [9.17, 15) is 9.59 Å². The summed E-state index contributed by atoms with van der Waals surface area (Å²) < 4.78 is 0. The normalized spacial score (nSPS) is 7.60. The van der Waals surface area contributed by atoms with Crippen LogP contribution in [0, 0.1) is 0 Å². The topological polar surface area (TPSA) is 74.6 Å². The number of hydrogen-bond acceptors (Lipinski definition) is 2. The van der Waals surface area contributed by atoms with Crippen LogP contribution < -0.4 is 0 Å². The van der Waals surface area contributed by atoms with Gasteiger partial charge in [0.25, 0.3) is 0 Å². The van der Waals surface area contributed by atoms with Crippen molar-refractivity contribution >= 4 is 63.3 Å². The zero-order chi connectivity index (χ0) is 6.57. The molecular weight excluding hydrogens is 242 g/mol. The largest absolute Gasteiger partial charge is 0 e. The van der Waals surface area contributed by atoms with Crippen LogP contribution in [0.15, 0.2) is 12.2 Å². The molecule has 0 unspecified atom stereocenters. The van der Waals surface area contributed by atoms with Gasteiger partial charge in [0.05, 0.1) is 0 Å². The predicted molar refractivity (Wildman–Crippen MR) is 31.6 cm³/mol. The fourth-order valence-corrected chi connectivity index (χ4v) is 0.143. The van der Waals surface area contributed by atoms with Crippen molar-refractivity contribution in [2.75, 3.05) is 0 Å². The second-order valence-electron chi connectivity index (χ2n) is 1.01. The average molecular weight is 247 g/mol.